The third kappa shape index (κ3) is 5.11. The maximum atomic E-state index is 5.01. The van der Waals surface area contributed by atoms with Crippen molar-refractivity contribution in [1.82, 2.24) is 5.32 Å². The van der Waals surface area contributed by atoms with E-state index in [-0.39, 0.29) is 0 Å². The van der Waals surface area contributed by atoms with Gasteiger partial charge in [-0.3, -0.25) is 0 Å². The summed E-state index contributed by atoms with van der Waals surface area (Å²) in [6.07, 6.45) is 11.0. The van der Waals surface area contributed by atoms with Crippen molar-refractivity contribution >= 4 is 0 Å². The van der Waals surface area contributed by atoms with Gasteiger partial charge in [-0.15, -0.1) is 0 Å². The first-order valence-electron chi connectivity index (χ1n) is 5.39. The quantitative estimate of drug-likeness (QED) is 0.655. The summed E-state index contributed by atoms with van der Waals surface area (Å²) in [5.41, 5.74) is 2.34. The molecule has 0 aliphatic heterocycles. The van der Waals surface area contributed by atoms with Crippen LogP contribution in [-0.2, 0) is 6.42 Å². The number of rotatable bonds is 8. The van der Waals surface area contributed by atoms with E-state index in [1.54, 1.807) is 12.5 Å². The highest BCUT2D eigenvalue weighted by Gasteiger charge is 1.95. The van der Waals surface area contributed by atoms with Crippen LogP contribution < -0.4 is 5.32 Å². The second kappa shape index (κ2) is 6.93. The fourth-order valence-electron chi connectivity index (χ4n) is 1.50. The molecule has 1 heterocycles. The molecular weight excluding hydrogens is 186 g/mol. The highest BCUT2D eigenvalue weighted by atomic mass is 16.3. The normalized spacial score (nSPS) is 9.87. The number of unbranched alkanes of at least 4 members (excludes halogenated alkanes) is 2. The summed E-state index contributed by atoms with van der Waals surface area (Å²) in [6, 6.07) is 2.03. The predicted molar refractivity (Wildman–Crippen MR) is 63.4 cm³/mol. The van der Waals surface area contributed by atoms with Crippen molar-refractivity contribution in [3.63, 3.8) is 0 Å². The second-order valence-corrected chi connectivity index (χ2v) is 3.64. The molecule has 0 spiro atoms. The van der Waals surface area contributed by atoms with Crippen LogP contribution in [-0.4, -0.2) is 0 Å². The summed E-state index contributed by atoms with van der Waals surface area (Å²) in [5.74, 6) is 0. The Hall–Kier alpha value is -1.44. The highest BCUT2D eigenvalue weighted by Crippen LogP contribution is 2.09. The van der Waals surface area contributed by atoms with Crippen LogP contribution in [0.2, 0.25) is 0 Å². The smallest absolute Gasteiger partial charge is 0.0934 e. The Morgan fingerprint density at radius 3 is 2.93 bits per heavy atom. The Balaban J connectivity index is 1.98. The predicted octanol–water partition coefficient (Wildman–Crippen LogP) is 3.63. The zero-order chi connectivity index (χ0) is 10.9. The molecule has 0 aliphatic rings. The Morgan fingerprint density at radius 1 is 1.40 bits per heavy atom. The number of hydrogen-bond acceptors (Lipinski definition) is 2. The molecule has 15 heavy (non-hydrogen) atoms. The van der Waals surface area contributed by atoms with E-state index in [1.165, 1.54) is 24.8 Å². The van der Waals surface area contributed by atoms with Crippen molar-refractivity contribution < 1.29 is 4.42 Å². The fraction of sp³-hybridized carbons (Fsp3) is 0.385. The lowest BCUT2D eigenvalue weighted by Gasteiger charge is -2.04. The minimum absolute atomic E-state index is 1.03. The molecule has 0 fully saturated rings. The number of aryl methyl sites for hydroxylation is 1. The van der Waals surface area contributed by atoms with Crippen LogP contribution in [0.25, 0.3) is 0 Å². The van der Waals surface area contributed by atoms with Crippen molar-refractivity contribution in [3.8, 4) is 0 Å². The van der Waals surface area contributed by atoms with Gasteiger partial charge < -0.3 is 9.73 Å². The number of nitrogens with one attached hydrogen (secondary N) is 1. The van der Waals surface area contributed by atoms with Gasteiger partial charge in [-0.2, -0.15) is 0 Å². The number of hydrogen-bond donors (Lipinski definition) is 1. The first-order valence-corrected chi connectivity index (χ1v) is 5.39. The Bertz CT molecular complexity index is 287. The standard InChI is InChI=1S/C13H19NO/c1-3-14-12(2)7-5-4-6-8-13-9-10-15-11-13/h3,9-11,14H,1-2,4-8H2. The van der Waals surface area contributed by atoms with E-state index >= 15 is 0 Å². The maximum Gasteiger partial charge on any atom is 0.0934 e. The van der Waals surface area contributed by atoms with E-state index in [0.717, 1.165) is 18.5 Å². The molecule has 1 N–H and O–H groups in total. The molecule has 0 atom stereocenters. The lowest BCUT2D eigenvalue weighted by molar-refractivity contribution is 0.561. The topological polar surface area (TPSA) is 25.2 Å². The monoisotopic (exact) mass is 205 g/mol. The van der Waals surface area contributed by atoms with Crippen molar-refractivity contribution in [1.29, 1.82) is 0 Å². The van der Waals surface area contributed by atoms with Gasteiger partial charge in [0.05, 0.1) is 12.5 Å². The van der Waals surface area contributed by atoms with Crippen LogP contribution in [0.15, 0.2) is 48.1 Å². The molecule has 0 unspecified atom stereocenters. The van der Waals surface area contributed by atoms with E-state index < -0.39 is 0 Å². The molecule has 0 aromatic carbocycles. The fourth-order valence-corrected chi connectivity index (χ4v) is 1.50. The summed E-state index contributed by atoms with van der Waals surface area (Å²) in [7, 11) is 0. The van der Waals surface area contributed by atoms with Gasteiger partial charge in [0.25, 0.3) is 0 Å². The lowest BCUT2D eigenvalue weighted by Crippen LogP contribution is -2.02. The molecule has 0 saturated heterocycles. The minimum Gasteiger partial charge on any atom is -0.472 e. The summed E-state index contributed by atoms with van der Waals surface area (Å²) in [6.45, 7) is 7.49. The van der Waals surface area contributed by atoms with Gasteiger partial charge >= 0.3 is 0 Å². The third-order valence-corrected chi connectivity index (χ3v) is 2.33. The first kappa shape index (κ1) is 11.6. The number of allylic oxidation sites excluding steroid dienone is 1. The first-order chi connectivity index (χ1) is 7.33. The second-order valence-electron chi connectivity index (χ2n) is 3.64. The summed E-state index contributed by atoms with van der Waals surface area (Å²) in [4.78, 5) is 0. The van der Waals surface area contributed by atoms with E-state index in [4.69, 9.17) is 4.42 Å². The van der Waals surface area contributed by atoms with Gasteiger partial charge in [0, 0.05) is 5.70 Å². The van der Waals surface area contributed by atoms with Crippen molar-refractivity contribution in [2.75, 3.05) is 0 Å². The van der Waals surface area contributed by atoms with Gasteiger partial charge in [0.1, 0.15) is 0 Å². The molecule has 1 rings (SSSR count). The van der Waals surface area contributed by atoms with E-state index in [2.05, 4.69) is 18.5 Å². The molecule has 1 aromatic heterocycles. The Labute approximate surface area is 91.7 Å². The van der Waals surface area contributed by atoms with Crippen molar-refractivity contribution in [3.05, 3.63) is 49.2 Å². The summed E-state index contributed by atoms with van der Waals surface area (Å²) < 4.78 is 5.01. The van der Waals surface area contributed by atoms with Gasteiger partial charge in [-0.1, -0.05) is 19.6 Å². The van der Waals surface area contributed by atoms with E-state index in [0.29, 0.717) is 0 Å². The molecule has 2 heteroatoms. The van der Waals surface area contributed by atoms with E-state index in [9.17, 15) is 0 Å². The molecule has 1 aromatic rings. The van der Waals surface area contributed by atoms with Gasteiger partial charge in [0.2, 0.25) is 0 Å². The van der Waals surface area contributed by atoms with Crippen LogP contribution in [0, 0.1) is 0 Å². The lowest BCUT2D eigenvalue weighted by atomic mass is 10.1. The van der Waals surface area contributed by atoms with Gasteiger partial charge in [-0.05, 0) is 43.5 Å². The van der Waals surface area contributed by atoms with Crippen LogP contribution >= 0.6 is 0 Å². The SMILES string of the molecule is C=CNC(=C)CCCCCc1ccoc1. The van der Waals surface area contributed by atoms with Crippen LogP contribution in [0.4, 0.5) is 0 Å². The molecule has 0 radical (unpaired) electrons. The van der Waals surface area contributed by atoms with Gasteiger partial charge in [-0.25, -0.2) is 0 Å². The number of furan rings is 1. The summed E-state index contributed by atoms with van der Waals surface area (Å²) >= 11 is 0. The van der Waals surface area contributed by atoms with E-state index in [1.807, 2.05) is 12.3 Å². The Kier molecular flexibility index (Phi) is 5.38. The van der Waals surface area contributed by atoms with Crippen molar-refractivity contribution in [2.45, 2.75) is 32.1 Å². The molecule has 0 saturated carbocycles. The average Bonchev–Trinajstić information content (AvgIpc) is 2.70. The van der Waals surface area contributed by atoms with Crippen LogP contribution in [0.5, 0.6) is 0 Å². The molecular formula is C13H19NO. The molecule has 0 aliphatic carbocycles. The minimum atomic E-state index is 1.03. The average molecular weight is 205 g/mol. The molecule has 2 nitrogen and oxygen atoms in total. The third-order valence-electron chi connectivity index (χ3n) is 2.33. The van der Waals surface area contributed by atoms with Gasteiger partial charge in [0.15, 0.2) is 0 Å². The van der Waals surface area contributed by atoms with Crippen molar-refractivity contribution in [2.24, 2.45) is 0 Å². The molecule has 0 amide bonds. The van der Waals surface area contributed by atoms with Crippen LogP contribution in [0.3, 0.4) is 0 Å². The largest absolute Gasteiger partial charge is 0.472 e. The molecule has 82 valence electrons. The summed E-state index contributed by atoms with van der Waals surface area (Å²) in [5, 5.41) is 3.00. The zero-order valence-electron chi connectivity index (χ0n) is 9.17. The highest BCUT2D eigenvalue weighted by molar-refractivity contribution is 5.04. The molecule has 0 bridgehead atoms. The Morgan fingerprint density at radius 2 is 2.27 bits per heavy atom. The van der Waals surface area contributed by atoms with Crippen LogP contribution in [0.1, 0.15) is 31.2 Å². The zero-order valence-corrected chi connectivity index (χ0v) is 9.17. The maximum absolute atomic E-state index is 5.01.